The molecule has 2 aromatic rings. The zero-order valence-corrected chi connectivity index (χ0v) is 8.86. The van der Waals surface area contributed by atoms with Crippen LogP contribution < -0.4 is 5.73 Å². The maximum absolute atomic E-state index is 12.5. The highest BCUT2D eigenvalue weighted by Crippen LogP contribution is 2.32. The maximum Gasteiger partial charge on any atom is 0.416 e. The number of alkyl halides is 3. The highest BCUT2D eigenvalue weighted by atomic mass is 19.4. The summed E-state index contributed by atoms with van der Waals surface area (Å²) in [6, 6.07) is 4.38. The molecule has 0 aliphatic rings. The van der Waals surface area contributed by atoms with Crippen LogP contribution in [0.4, 0.5) is 13.2 Å². The van der Waals surface area contributed by atoms with Crippen molar-refractivity contribution in [2.24, 2.45) is 5.73 Å². The van der Waals surface area contributed by atoms with Crippen LogP contribution in [0.15, 0.2) is 35.1 Å². The Balaban J connectivity index is 2.52. The van der Waals surface area contributed by atoms with Gasteiger partial charge in [0.1, 0.15) is 0 Å². The number of oxazole rings is 1. The number of aromatic nitrogens is 1. The lowest BCUT2D eigenvalue weighted by Gasteiger charge is -2.07. The number of halogens is 3. The van der Waals surface area contributed by atoms with Crippen molar-refractivity contribution in [1.82, 2.24) is 4.98 Å². The molecule has 0 saturated heterocycles. The van der Waals surface area contributed by atoms with Gasteiger partial charge in [-0.1, -0.05) is 12.1 Å². The third-order valence-electron chi connectivity index (χ3n) is 2.25. The van der Waals surface area contributed by atoms with Gasteiger partial charge in [0.2, 0.25) is 0 Å². The first-order valence-corrected chi connectivity index (χ1v) is 4.80. The van der Waals surface area contributed by atoms with Gasteiger partial charge >= 0.3 is 6.18 Å². The average Bonchev–Trinajstić information content (AvgIpc) is 2.77. The summed E-state index contributed by atoms with van der Waals surface area (Å²) in [5.41, 5.74) is 4.09. The summed E-state index contributed by atoms with van der Waals surface area (Å²) in [6.07, 6.45) is -3.52. The van der Waals surface area contributed by atoms with E-state index in [4.69, 9.17) is 10.2 Å². The minimum atomic E-state index is -4.47. The first-order valence-electron chi connectivity index (χ1n) is 4.80. The normalized spacial score (nSPS) is 11.5. The number of amides is 1. The van der Waals surface area contributed by atoms with Crippen LogP contribution in [0.1, 0.15) is 16.1 Å². The van der Waals surface area contributed by atoms with Gasteiger partial charge in [-0.2, -0.15) is 13.2 Å². The molecule has 0 unspecified atom stereocenters. The van der Waals surface area contributed by atoms with Crippen LogP contribution in [0.3, 0.4) is 0 Å². The lowest BCUT2D eigenvalue weighted by atomic mass is 10.1. The summed E-state index contributed by atoms with van der Waals surface area (Å²) in [7, 11) is 0. The largest absolute Gasteiger partial charge is 0.443 e. The fraction of sp³-hybridized carbons (Fsp3) is 0.0909. The molecule has 1 aromatic heterocycles. The summed E-state index contributed by atoms with van der Waals surface area (Å²) in [5.74, 6) is -0.940. The highest BCUT2D eigenvalue weighted by molar-refractivity contribution is 5.96. The van der Waals surface area contributed by atoms with E-state index >= 15 is 0 Å². The van der Waals surface area contributed by atoms with Gasteiger partial charge < -0.3 is 10.2 Å². The summed E-state index contributed by atoms with van der Waals surface area (Å²) in [4.78, 5) is 14.6. The van der Waals surface area contributed by atoms with Gasteiger partial charge in [-0.3, -0.25) is 4.79 Å². The predicted molar refractivity (Wildman–Crippen MR) is 55.5 cm³/mol. The number of hydrogen-bond acceptors (Lipinski definition) is 3. The molecule has 94 valence electrons. The molecule has 0 atom stereocenters. The van der Waals surface area contributed by atoms with Crippen molar-refractivity contribution in [2.75, 3.05) is 0 Å². The molecule has 1 heterocycles. The van der Waals surface area contributed by atoms with Crippen LogP contribution in [0.5, 0.6) is 0 Å². The Kier molecular flexibility index (Phi) is 2.82. The van der Waals surface area contributed by atoms with Crippen LogP contribution in [-0.4, -0.2) is 10.9 Å². The molecule has 0 aliphatic heterocycles. The topological polar surface area (TPSA) is 69.1 Å². The van der Waals surface area contributed by atoms with Crippen molar-refractivity contribution in [1.29, 1.82) is 0 Å². The van der Waals surface area contributed by atoms with Gasteiger partial charge in [-0.25, -0.2) is 4.98 Å². The van der Waals surface area contributed by atoms with E-state index in [2.05, 4.69) is 4.98 Å². The molecule has 1 amide bonds. The summed E-state index contributed by atoms with van der Waals surface area (Å²) < 4.78 is 42.5. The zero-order valence-electron chi connectivity index (χ0n) is 8.86. The fourth-order valence-corrected chi connectivity index (χ4v) is 1.46. The molecule has 2 rings (SSSR count). The van der Waals surface area contributed by atoms with Crippen molar-refractivity contribution >= 4 is 5.91 Å². The van der Waals surface area contributed by atoms with Crippen molar-refractivity contribution in [3.63, 3.8) is 0 Å². The van der Waals surface area contributed by atoms with Crippen LogP contribution >= 0.6 is 0 Å². The van der Waals surface area contributed by atoms with Crippen LogP contribution in [0.25, 0.3) is 11.3 Å². The molecule has 0 aliphatic carbocycles. The van der Waals surface area contributed by atoms with Crippen molar-refractivity contribution in [3.05, 3.63) is 41.9 Å². The maximum atomic E-state index is 12.5. The average molecular weight is 256 g/mol. The number of primary amides is 1. The third-order valence-corrected chi connectivity index (χ3v) is 2.25. The highest BCUT2D eigenvalue weighted by Gasteiger charge is 2.31. The van der Waals surface area contributed by atoms with E-state index in [9.17, 15) is 18.0 Å². The van der Waals surface area contributed by atoms with E-state index in [-0.39, 0.29) is 17.0 Å². The molecule has 2 N–H and O–H groups in total. The number of benzene rings is 1. The molecule has 0 fully saturated rings. The molecule has 0 spiro atoms. The minimum Gasteiger partial charge on any atom is -0.443 e. The Hall–Kier alpha value is -2.31. The Morgan fingerprint density at radius 3 is 2.67 bits per heavy atom. The van der Waals surface area contributed by atoms with Gasteiger partial charge in [0.25, 0.3) is 5.91 Å². The molecule has 4 nitrogen and oxygen atoms in total. The fourth-order valence-electron chi connectivity index (χ4n) is 1.46. The smallest absolute Gasteiger partial charge is 0.416 e. The second kappa shape index (κ2) is 4.17. The summed E-state index contributed by atoms with van der Waals surface area (Å²) in [5, 5.41) is 0. The molecule has 7 heteroatoms. The number of rotatable bonds is 2. The lowest BCUT2D eigenvalue weighted by molar-refractivity contribution is -0.137. The third kappa shape index (κ3) is 2.20. The summed E-state index contributed by atoms with van der Waals surface area (Å²) >= 11 is 0. The minimum absolute atomic E-state index is 0.0754. The van der Waals surface area contributed by atoms with Crippen molar-refractivity contribution < 1.29 is 22.4 Å². The van der Waals surface area contributed by atoms with Crippen LogP contribution in [0, 0.1) is 0 Å². The Bertz CT molecular complexity index is 590. The second-order valence-corrected chi connectivity index (χ2v) is 3.47. The predicted octanol–water partition coefficient (Wildman–Crippen LogP) is 2.46. The number of nitrogens with two attached hydrogens (primary N) is 1. The van der Waals surface area contributed by atoms with Gasteiger partial charge in [-0.15, -0.1) is 0 Å². The van der Waals surface area contributed by atoms with E-state index < -0.39 is 17.6 Å². The number of hydrogen-bond donors (Lipinski definition) is 1. The van der Waals surface area contributed by atoms with Crippen LogP contribution in [-0.2, 0) is 6.18 Å². The number of carbonyl (C=O) groups is 1. The SMILES string of the molecule is NC(=O)c1ncoc1-c1cccc(C(F)(F)F)c1. The molecule has 18 heavy (non-hydrogen) atoms. The van der Waals surface area contributed by atoms with Crippen molar-refractivity contribution in [3.8, 4) is 11.3 Å². The van der Waals surface area contributed by atoms with Gasteiger partial charge in [-0.05, 0) is 12.1 Å². The first kappa shape index (κ1) is 12.2. The molecule has 0 radical (unpaired) electrons. The molecule has 1 aromatic carbocycles. The number of nitrogens with zero attached hydrogens (tertiary/aromatic N) is 1. The molecule has 0 bridgehead atoms. The Morgan fingerprint density at radius 1 is 1.33 bits per heavy atom. The van der Waals surface area contributed by atoms with E-state index in [1.807, 2.05) is 0 Å². The van der Waals surface area contributed by atoms with Gasteiger partial charge in [0.15, 0.2) is 17.8 Å². The quantitative estimate of drug-likeness (QED) is 0.897. The van der Waals surface area contributed by atoms with Crippen LogP contribution in [0.2, 0.25) is 0 Å². The first-order chi connectivity index (χ1) is 8.39. The van der Waals surface area contributed by atoms with E-state index in [0.29, 0.717) is 0 Å². The number of carbonyl (C=O) groups excluding carboxylic acids is 1. The van der Waals surface area contributed by atoms with Gasteiger partial charge in [0, 0.05) is 5.56 Å². The van der Waals surface area contributed by atoms with E-state index in [1.54, 1.807) is 0 Å². The standard InChI is InChI=1S/C11H7F3N2O2/c12-11(13,14)7-3-1-2-6(4-7)9-8(10(15)17)16-5-18-9/h1-5H,(H2,15,17). The zero-order chi connectivity index (χ0) is 13.3. The monoisotopic (exact) mass is 256 g/mol. The van der Waals surface area contributed by atoms with E-state index in [1.165, 1.54) is 12.1 Å². The van der Waals surface area contributed by atoms with Gasteiger partial charge in [0.05, 0.1) is 5.56 Å². The lowest BCUT2D eigenvalue weighted by Crippen LogP contribution is -2.12. The second-order valence-electron chi connectivity index (χ2n) is 3.47. The van der Waals surface area contributed by atoms with E-state index in [0.717, 1.165) is 18.5 Å². The van der Waals surface area contributed by atoms with Crippen molar-refractivity contribution in [2.45, 2.75) is 6.18 Å². The summed E-state index contributed by atoms with van der Waals surface area (Å²) in [6.45, 7) is 0. The molecule has 0 saturated carbocycles. The molecular formula is C11H7F3N2O2. The molecular weight excluding hydrogens is 249 g/mol. The Labute approximate surface area is 99.2 Å². The Morgan fingerprint density at radius 2 is 2.06 bits per heavy atom.